The molecular formula is C19H14N3O4S+. The third kappa shape index (κ3) is 2.96. The van der Waals surface area contributed by atoms with E-state index in [2.05, 4.69) is 5.32 Å². The Morgan fingerprint density at radius 1 is 1.22 bits per heavy atom. The van der Waals surface area contributed by atoms with Gasteiger partial charge in [-0.3, -0.25) is 10.1 Å². The number of fused-ring (bicyclic) bond motifs is 1. The van der Waals surface area contributed by atoms with Crippen LogP contribution in [0.4, 0.5) is 10.8 Å². The number of nitrogens with one attached hydrogen (secondary N) is 1. The van der Waals surface area contributed by atoms with Gasteiger partial charge in [-0.05, 0) is 6.07 Å². The second-order valence-electron chi connectivity index (χ2n) is 5.79. The van der Waals surface area contributed by atoms with E-state index in [1.165, 1.54) is 23.5 Å². The summed E-state index contributed by atoms with van der Waals surface area (Å²) in [5.41, 5.74) is 2.56. The molecule has 1 aliphatic rings. The highest BCUT2D eigenvalue weighted by atomic mass is 32.1. The maximum absolute atomic E-state index is 12.5. The number of benzene rings is 2. The van der Waals surface area contributed by atoms with Crippen molar-refractivity contribution in [3.05, 3.63) is 69.6 Å². The number of hydrogen-bond donors (Lipinski definition) is 1. The number of hydrogen-bond acceptors (Lipinski definition) is 5. The molecule has 4 rings (SSSR count). The lowest BCUT2D eigenvalue weighted by Gasteiger charge is -2.04. The van der Waals surface area contributed by atoms with Gasteiger partial charge in [0.25, 0.3) is 5.69 Å². The lowest BCUT2D eigenvalue weighted by atomic mass is 10.1. The van der Waals surface area contributed by atoms with Gasteiger partial charge in [0.2, 0.25) is 5.70 Å². The maximum Gasteiger partial charge on any atom is 0.379 e. The van der Waals surface area contributed by atoms with Crippen LogP contribution in [-0.4, -0.2) is 17.9 Å². The number of non-ortho nitro benzene ring substituents is 1. The van der Waals surface area contributed by atoms with Gasteiger partial charge in [-0.15, -0.1) is 0 Å². The fourth-order valence-electron chi connectivity index (χ4n) is 2.95. The van der Waals surface area contributed by atoms with E-state index < -0.39 is 4.92 Å². The quantitative estimate of drug-likeness (QED) is 0.324. The first-order valence-corrected chi connectivity index (χ1v) is 8.91. The molecule has 1 aromatic heterocycles. The molecule has 1 aliphatic heterocycles. The van der Waals surface area contributed by atoms with Crippen LogP contribution in [0.2, 0.25) is 0 Å². The van der Waals surface area contributed by atoms with Crippen LogP contribution in [0.3, 0.4) is 0 Å². The second kappa shape index (κ2) is 6.65. The number of rotatable bonds is 4. The van der Waals surface area contributed by atoms with Crippen LogP contribution in [0.1, 0.15) is 5.56 Å². The monoisotopic (exact) mass is 380 g/mol. The van der Waals surface area contributed by atoms with Crippen LogP contribution < -0.4 is 14.6 Å². The molecular weight excluding hydrogens is 366 g/mol. The summed E-state index contributed by atoms with van der Waals surface area (Å²) in [7, 11) is 1.57. The molecule has 2 heterocycles. The van der Waals surface area contributed by atoms with Gasteiger partial charge in [0.05, 0.1) is 12.0 Å². The van der Waals surface area contributed by atoms with Gasteiger partial charge in [0.1, 0.15) is 5.75 Å². The van der Waals surface area contributed by atoms with Crippen LogP contribution in [0, 0.1) is 10.1 Å². The summed E-state index contributed by atoms with van der Waals surface area (Å²) in [6.07, 6.45) is 1.75. The first-order chi connectivity index (χ1) is 13.1. The molecule has 0 fully saturated rings. The van der Waals surface area contributed by atoms with Crippen LogP contribution in [0.5, 0.6) is 5.75 Å². The fourth-order valence-corrected chi connectivity index (χ4v) is 3.87. The molecule has 0 saturated carbocycles. The molecule has 0 radical (unpaired) electrons. The van der Waals surface area contributed by atoms with Gasteiger partial charge in [-0.1, -0.05) is 41.7 Å². The highest BCUT2D eigenvalue weighted by Crippen LogP contribution is 2.32. The minimum Gasteiger partial charge on any atom is -0.496 e. The molecule has 0 spiro atoms. The van der Waals surface area contributed by atoms with E-state index in [0.29, 0.717) is 27.8 Å². The Kier molecular flexibility index (Phi) is 4.17. The zero-order valence-electron chi connectivity index (χ0n) is 14.2. The third-order valence-corrected chi connectivity index (χ3v) is 5.05. The number of nitro groups is 1. The van der Waals surface area contributed by atoms with Crippen molar-refractivity contribution in [2.45, 2.75) is 0 Å². The van der Waals surface area contributed by atoms with E-state index in [1.807, 2.05) is 29.6 Å². The van der Waals surface area contributed by atoms with Gasteiger partial charge in [0, 0.05) is 34.7 Å². The van der Waals surface area contributed by atoms with Gasteiger partial charge in [-0.2, -0.15) is 9.88 Å². The molecule has 0 atom stereocenters. The zero-order valence-corrected chi connectivity index (χ0v) is 15.0. The highest BCUT2D eigenvalue weighted by molar-refractivity contribution is 7.14. The van der Waals surface area contributed by atoms with Crippen molar-refractivity contribution in [3.63, 3.8) is 0 Å². The van der Waals surface area contributed by atoms with Crippen molar-refractivity contribution in [3.8, 4) is 17.0 Å². The van der Waals surface area contributed by atoms with Crippen LogP contribution in [0.25, 0.3) is 23.0 Å². The number of methoxy groups -OCH3 is 1. The summed E-state index contributed by atoms with van der Waals surface area (Å²) in [5, 5.41) is 16.4. The van der Waals surface area contributed by atoms with Gasteiger partial charge in [-0.25, -0.2) is 4.79 Å². The van der Waals surface area contributed by atoms with Crippen molar-refractivity contribution in [2.75, 3.05) is 12.4 Å². The highest BCUT2D eigenvalue weighted by Gasteiger charge is 2.38. The molecule has 0 aliphatic carbocycles. The number of ether oxygens (including phenoxy) is 1. The Bertz CT molecular complexity index is 1100. The van der Waals surface area contributed by atoms with Gasteiger partial charge in [0.15, 0.2) is 5.69 Å². The Morgan fingerprint density at radius 3 is 2.81 bits per heavy atom. The topological polar surface area (TPSA) is 85.3 Å². The second-order valence-corrected chi connectivity index (χ2v) is 6.65. The number of para-hydroxylation sites is 1. The number of amides is 1. The lowest BCUT2D eigenvalue weighted by Crippen LogP contribution is -2.30. The molecule has 1 N–H and O–H groups in total. The molecule has 0 saturated heterocycles. The molecule has 1 amide bonds. The number of anilines is 1. The van der Waals surface area contributed by atoms with E-state index in [9.17, 15) is 14.9 Å². The van der Waals surface area contributed by atoms with E-state index in [0.717, 1.165) is 5.56 Å². The summed E-state index contributed by atoms with van der Waals surface area (Å²) in [6, 6.07) is 13.7. The first kappa shape index (κ1) is 16.9. The largest absolute Gasteiger partial charge is 0.496 e. The van der Waals surface area contributed by atoms with Crippen molar-refractivity contribution >= 4 is 39.8 Å². The van der Waals surface area contributed by atoms with Crippen molar-refractivity contribution in [1.82, 2.24) is 0 Å². The molecule has 7 nitrogen and oxygen atoms in total. The van der Waals surface area contributed by atoms with Gasteiger partial charge < -0.3 is 4.74 Å². The number of aromatic nitrogens is 1. The third-order valence-electron chi connectivity index (χ3n) is 4.20. The molecule has 0 bridgehead atoms. The smallest absolute Gasteiger partial charge is 0.379 e. The van der Waals surface area contributed by atoms with Crippen LogP contribution >= 0.6 is 11.3 Å². The minimum absolute atomic E-state index is 0.000547. The zero-order chi connectivity index (χ0) is 19.0. The Labute approximate surface area is 158 Å². The Hall–Kier alpha value is -3.52. The molecule has 27 heavy (non-hydrogen) atoms. The normalized spacial score (nSPS) is 14.1. The maximum atomic E-state index is 12.5. The number of nitro benzene ring substituents is 1. The summed E-state index contributed by atoms with van der Waals surface area (Å²) in [4.78, 5) is 23.2. The Morgan fingerprint density at radius 2 is 2.04 bits per heavy atom. The van der Waals surface area contributed by atoms with Crippen molar-refractivity contribution in [1.29, 1.82) is 0 Å². The van der Waals surface area contributed by atoms with E-state index in [-0.39, 0.29) is 11.6 Å². The molecule has 3 aromatic rings. The summed E-state index contributed by atoms with van der Waals surface area (Å²) in [6.45, 7) is 0. The van der Waals surface area contributed by atoms with E-state index >= 15 is 0 Å². The van der Waals surface area contributed by atoms with Crippen molar-refractivity contribution < 1.29 is 19.0 Å². The number of nitrogens with zero attached hydrogens (tertiary/aromatic N) is 2. The minimum atomic E-state index is -0.435. The van der Waals surface area contributed by atoms with Gasteiger partial charge >= 0.3 is 11.0 Å². The standard InChI is InChI=1S/C19H13N3O4S/c1-26-17-8-3-2-5-13(17)10-15-18(23)20-19-21(15)16(11-27-19)12-6-4-7-14(9-12)22(24)25/h2-11H,1H3/p+1/b15-10-. The van der Waals surface area contributed by atoms with Crippen LogP contribution in [-0.2, 0) is 4.79 Å². The predicted octanol–water partition coefficient (Wildman–Crippen LogP) is 3.57. The molecule has 0 unspecified atom stereocenters. The average Bonchev–Trinajstić information content (AvgIpc) is 3.22. The lowest BCUT2D eigenvalue weighted by molar-refractivity contribution is -0.539. The van der Waals surface area contributed by atoms with Crippen molar-refractivity contribution in [2.24, 2.45) is 0 Å². The number of carbonyl (C=O) groups is 1. The Balaban J connectivity index is 1.86. The fraction of sp³-hybridized carbons (Fsp3) is 0.0526. The molecule has 8 heteroatoms. The summed E-state index contributed by atoms with van der Waals surface area (Å²) in [5.74, 6) is 0.415. The SMILES string of the molecule is COc1ccccc1/C=C1/C(=O)Nc2scc(-c3cccc([N+](=O)[O-])c3)[n+]21. The number of thiazole rings is 1. The van der Waals surface area contributed by atoms with E-state index in [1.54, 1.807) is 29.9 Å². The van der Waals surface area contributed by atoms with Crippen LogP contribution in [0.15, 0.2) is 53.9 Å². The first-order valence-electron chi connectivity index (χ1n) is 8.03. The molecule has 2 aromatic carbocycles. The number of carbonyl (C=O) groups excluding carboxylic acids is 1. The molecule has 134 valence electrons. The summed E-state index contributed by atoms with van der Waals surface area (Å²) < 4.78 is 7.14. The van der Waals surface area contributed by atoms with E-state index in [4.69, 9.17) is 4.74 Å². The predicted molar refractivity (Wildman–Crippen MR) is 102 cm³/mol. The average molecular weight is 380 g/mol. The summed E-state index contributed by atoms with van der Waals surface area (Å²) >= 11 is 1.36.